The largest absolute Gasteiger partial charge is 0.264 e. The van der Waals surface area contributed by atoms with Gasteiger partial charge < -0.3 is 0 Å². The molecule has 0 radical (unpaired) electrons. The van der Waals surface area contributed by atoms with E-state index in [0.717, 1.165) is 6.20 Å². The first-order valence-electron chi connectivity index (χ1n) is 4.73. The summed E-state index contributed by atoms with van der Waals surface area (Å²) in [5.41, 5.74) is 0. The summed E-state index contributed by atoms with van der Waals surface area (Å²) >= 11 is 11.3. The number of nitrogens with zero attached hydrogens (tertiary/aromatic N) is 2. The standard InChI is InChI=1S/C10H7Cl2N3O2S/c11-7-3-4-13-10(5-7)15-18(16,17)8-1-2-9(12)14-6-8/h1-6H,(H,13,15). The van der Waals surface area contributed by atoms with E-state index in [4.69, 9.17) is 23.2 Å². The number of pyridine rings is 2. The van der Waals surface area contributed by atoms with Gasteiger partial charge in [-0.2, -0.15) is 0 Å². The van der Waals surface area contributed by atoms with E-state index in [1.807, 2.05) is 0 Å². The Labute approximate surface area is 114 Å². The lowest BCUT2D eigenvalue weighted by atomic mass is 10.5. The van der Waals surface area contributed by atoms with Gasteiger partial charge in [-0.1, -0.05) is 23.2 Å². The van der Waals surface area contributed by atoms with Crippen molar-refractivity contribution in [3.8, 4) is 0 Å². The van der Waals surface area contributed by atoms with Crippen LogP contribution in [-0.2, 0) is 10.0 Å². The molecule has 0 saturated heterocycles. The fourth-order valence-electron chi connectivity index (χ4n) is 1.18. The highest BCUT2D eigenvalue weighted by atomic mass is 35.5. The molecule has 0 spiro atoms. The van der Waals surface area contributed by atoms with E-state index in [1.165, 1.54) is 24.4 Å². The highest BCUT2D eigenvalue weighted by molar-refractivity contribution is 7.92. The molecular formula is C10H7Cl2N3O2S. The second-order valence-electron chi connectivity index (χ2n) is 3.28. The molecule has 0 bridgehead atoms. The van der Waals surface area contributed by atoms with Crippen LogP contribution in [0.25, 0.3) is 0 Å². The average Bonchev–Trinajstić information content (AvgIpc) is 2.29. The van der Waals surface area contributed by atoms with E-state index in [0.29, 0.717) is 5.02 Å². The molecule has 0 aliphatic rings. The molecule has 0 atom stereocenters. The van der Waals surface area contributed by atoms with Crippen molar-refractivity contribution in [2.75, 3.05) is 4.72 Å². The summed E-state index contributed by atoms with van der Waals surface area (Å²) in [7, 11) is -3.74. The molecule has 0 aliphatic carbocycles. The lowest BCUT2D eigenvalue weighted by molar-refractivity contribution is 0.600. The summed E-state index contributed by atoms with van der Waals surface area (Å²) in [5, 5.41) is 0.603. The minimum atomic E-state index is -3.74. The predicted molar refractivity (Wildman–Crippen MR) is 69.3 cm³/mol. The van der Waals surface area contributed by atoms with E-state index in [-0.39, 0.29) is 15.9 Å². The maximum Gasteiger partial charge on any atom is 0.264 e. The summed E-state index contributed by atoms with van der Waals surface area (Å²) in [6.45, 7) is 0. The maximum atomic E-state index is 11.9. The van der Waals surface area contributed by atoms with Gasteiger partial charge >= 0.3 is 0 Å². The number of hydrogen-bond donors (Lipinski definition) is 1. The van der Waals surface area contributed by atoms with Crippen LogP contribution in [0, 0.1) is 0 Å². The molecule has 2 heterocycles. The van der Waals surface area contributed by atoms with Crippen LogP contribution in [0.4, 0.5) is 5.82 Å². The van der Waals surface area contributed by atoms with Gasteiger partial charge in [0.05, 0.1) is 0 Å². The number of rotatable bonds is 3. The third kappa shape index (κ3) is 3.10. The molecule has 94 valence electrons. The molecular weight excluding hydrogens is 297 g/mol. The molecule has 0 saturated carbocycles. The minimum absolute atomic E-state index is 0.00586. The molecule has 0 aliphatic heterocycles. The zero-order chi connectivity index (χ0) is 13.2. The monoisotopic (exact) mass is 303 g/mol. The summed E-state index contributed by atoms with van der Waals surface area (Å²) in [4.78, 5) is 7.55. The summed E-state index contributed by atoms with van der Waals surface area (Å²) in [5.74, 6) is 0.137. The van der Waals surface area contributed by atoms with Gasteiger partial charge in [-0.3, -0.25) is 4.72 Å². The molecule has 8 heteroatoms. The topological polar surface area (TPSA) is 72.0 Å². The third-order valence-corrected chi connectivity index (χ3v) is 3.77. The Bertz CT molecular complexity index is 659. The van der Waals surface area contributed by atoms with E-state index in [9.17, 15) is 8.42 Å². The number of sulfonamides is 1. The van der Waals surface area contributed by atoms with Crippen molar-refractivity contribution in [1.82, 2.24) is 9.97 Å². The van der Waals surface area contributed by atoms with E-state index in [1.54, 1.807) is 6.07 Å². The van der Waals surface area contributed by atoms with Crippen molar-refractivity contribution in [1.29, 1.82) is 0 Å². The molecule has 2 aromatic heterocycles. The van der Waals surface area contributed by atoms with Gasteiger partial charge in [0, 0.05) is 23.5 Å². The number of aromatic nitrogens is 2. The SMILES string of the molecule is O=S(=O)(Nc1cc(Cl)ccn1)c1ccc(Cl)nc1. The Hall–Kier alpha value is -1.37. The molecule has 2 aromatic rings. The quantitative estimate of drug-likeness (QED) is 0.885. The fraction of sp³-hybridized carbons (Fsp3) is 0. The Morgan fingerprint density at radius 2 is 1.89 bits per heavy atom. The zero-order valence-electron chi connectivity index (χ0n) is 8.84. The fourth-order valence-corrected chi connectivity index (χ4v) is 2.39. The van der Waals surface area contributed by atoms with Crippen molar-refractivity contribution in [2.24, 2.45) is 0 Å². The zero-order valence-corrected chi connectivity index (χ0v) is 11.2. The summed E-state index contributed by atoms with van der Waals surface area (Å²) in [6, 6.07) is 5.69. The molecule has 0 unspecified atom stereocenters. The van der Waals surface area contributed by atoms with Crippen molar-refractivity contribution in [2.45, 2.75) is 4.90 Å². The molecule has 0 aromatic carbocycles. The Morgan fingerprint density at radius 3 is 2.50 bits per heavy atom. The predicted octanol–water partition coefficient (Wildman–Crippen LogP) is 2.58. The first-order chi connectivity index (χ1) is 8.47. The number of halogens is 2. The summed E-state index contributed by atoms with van der Waals surface area (Å²) in [6.07, 6.45) is 2.56. The minimum Gasteiger partial charge on any atom is -0.263 e. The van der Waals surface area contributed by atoms with Gasteiger partial charge in [0.2, 0.25) is 0 Å². The molecule has 2 rings (SSSR count). The van der Waals surface area contributed by atoms with Crippen LogP contribution < -0.4 is 4.72 Å². The normalized spacial score (nSPS) is 11.2. The highest BCUT2D eigenvalue weighted by Gasteiger charge is 2.15. The van der Waals surface area contributed by atoms with E-state index >= 15 is 0 Å². The van der Waals surface area contributed by atoms with Gasteiger partial charge in [0.1, 0.15) is 15.9 Å². The number of nitrogens with one attached hydrogen (secondary N) is 1. The lowest BCUT2D eigenvalue weighted by Gasteiger charge is -2.06. The van der Waals surface area contributed by atoms with Gasteiger partial charge in [0.25, 0.3) is 10.0 Å². The average molecular weight is 304 g/mol. The van der Waals surface area contributed by atoms with Crippen LogP contribution in [-0.4, -0.2) is 18.4 Å². The smallest absolute Gasteiger partial charge is 0.263 e. The Kier molecular flexibility index (Phi) is 3.70. The maximum absolute atomic E-state index is 11.9. The summed E-state index contributed by atoms with van der Waals surface area (Å²) < 4.78 is 26.2. The van der Waals surface area contributed by atoms with Crippen LogP contribution in [0.15, 0.2) is 41.6 Å². The van der Waals surface area contributed by atoms with Crippen molar-refractivity contribution in [3.05, 3.63) is 46.8 Å². The highest BCUT2D eigenvalue weighted by Crippen LogP contribution is 2.17. The van der Waals surface area contributed by atoms with E-state index < -0.39 is 10.0 Å². The van der Waals surface area contributed by atoms with Crippen LogP contribution >= 0.6 is 23.2 Å². The second kappa shape index (κ2) is 5.09. The van der Waals surface area contributed by atoms with Crippen LogP contribution in [0.3, 0.4) is 0 Å². The van der Waals surface area contributed by atoms with Gasteiger partial charge in [0.15, 0.2) is 0 Å². The van der Waals surface area contributed by atoms with Crippen LogP contribution in [0.2, 0.25) is 10.2 Å². The molecule has 5 nitrogen and oxygen atoms in total. The first-order valence-corrected chi connectivity index (χ1v) is 6.97. The van der Waals surface area contributed by atoms with Crippen molar-refractivity contribution in [3.63, 3.8) is 0 Å². The first kappa shape index (κ1) is 13.1. The lowest BCUT2D eigenvalue weighted by Crippen LogP contribution is -2.14. The van der Waals surface area contributed by atoms with Crippen molar-refractivity contribution >= 4 is 39.0 Å². The van der Waals surface area contributed by atoms with Gasteiger partial charge in [-0.05, 0) is 18.2 Å². The van der Waals surface area contributed by atoms with Crippen LogP contribution in [0.5, 0.6) is 0 Å². The van der Waals surface area contributed by atoms with Crippen molar-refractivity contribution < 1.29 is 8.42 Å². The molecule has 18 heavy (non-hydrogen) atoms. The third-order valence-electron chi connectivity index (χ3n) is 1.97. The molecule has 0 amide bonds. The number of anilines is 1. The Balaban J connectivity index is 2.30. The second-order valence-corrected chi connectivity index (χ2v) is 5.79. The van der Waals surface area contributed by atoms with E-state index in [2.05, 4.69) is 14.7 Å². The molecule has 1 N–H and O–H groups in total. The number of hydrogen-bond acceptors (Lipinski definition) is 4. The van der Waals surface area contributed by atoms with Gasteiger partial charge in [-0.25, -0.2) is 18.4 Å². The van der Waals surface area contributed by atoms with Crippen LogP contribution in [0.1, 0.15) is 0 Å². The van der Waals surface area contributed by atoms with Gasteiger partial charge in [-0.15, -0.1) is 0 Å². The molecule has 0 fully saturated rings. The Morgan fingerprint density at radius 1 is 1.11 bits per heavy atom.